The van der Waals surface area contributed by atoms with Crippen molar-refractivity contribution in [3.63, 3.8) is 0 Å². The molecular weight excluding hydrogens is 246 g/mol. The Balaban J connectivity index is 2.95. The summed E-state index contributed by atoms with van der Waals surface area (Å²) in [6.45, 7) is 5.82. The molecule has 0 atom stereocenters. The maximum Gasteiger partial charge on any atom is 0.267 e. The number of carbonyl (C=O) groups is 1. The number of hydrogen-bond donors (Lipinski definition) is 0. The molecule has 1 aromatic rings. The van der Waals surface area contributed by atoms with Gasteiger partial charge in [0.15, 0.2) is 0 Å². The number of aryl methyl sites for hydroxylation is 1. The van der Waals surface area contributed by atoms with Crippen LogP contribution in [0, 0.1) is 0 Å². The van der Waals surface area contributed by atoms with E-state index in [0.717, 1.165) is 17.2 Å². The molecule has 0 aliphatic rings. The lowest BCUT2D eigenvalue weighted by Gasteiger charge is -2.33. The van der Waals surface area contributed by atoms with Gasteiger partial charge in [0.25, 0.3) is 5.91 Å². The number of carbonyl (C=O) groups excluding carboxylic acids is 1. The van der Waals surface area contributed by atoms with Crippen LogP contribution in [0.4, 0.5) is 0 Å². The van der Waals surface area contributed by atoms with E-state index in [0.29, 0.717) is 17.2 Å². The van der Waals surface area contributed by atoms with Gasteiger partial charge in [0.05, 0.1) is 11.2 Å². The third kappa shape index (κ3) is 2.52. The summed E-state index contributed by atoms with van der Waals surface area (Å²) in [4.78, 5) is 14.4. The fourth-order valence-corrected chi connectivity index (χ4v) is 2.03. The van der Waals surface area contributed by atoms with Gasteiger partial charge in [-0.25, -0.2) is 0 Å². The minimum absolute atomic E-state index is 0.0579. The van der Waals surface area contributed by atoms with Gasteiger partial charge in [-0.2, -0.15) is 0 Å². The summed E-state index contributed by atoms with van der Waals surface area (Å²) in [5.74, 6) is 0.334. The highest BCUT2D eigenvalue weighted by molar-refractivity contribution is 7.08. The van der Waals surface area contributed by atoms with Crippen LogP contribution in [0.1, 0.15) is 36.1 Å². The van der Waals surface area contributed by atoms with Crippen LogP contribution >= 0.6 is 23.1 Å². The van der Waals surface area contributed by atoms with E-state index in [4.69, 9.17) is 11.6 Å². The fraction of sp³-hybridized carbons (Fsp3) is 0.700. The molecule has 0 saturated carbocycles. The van der Waals surface area contributed by atoms with Crippen molar-refractivity contribution in [2.24, 2.45) is 0 Å². The third-order valence-corrected chi connectivity index (χ3v) is 4.03. The van der Waals surface area contributed by atoms with Crippen molar-refractivity contribution in [2.45, 2.75) is 32.7 Å². The average molecular weight is 262 g/mol. The third-order valence-electron chi connectivity index (χ3n) is 2.62. The first kappa shape index (κ1) is 13.4. The molecule has 0 saturated heterocycles. The van der Waals surface area contributed by atoms with Gasteiger partial charge in [-0.1, -0.05) is 11.4 Å². The average Bonchev–Trinajstić information content (AvgIpc) is 2.74. The second-order valence-electron chi connectivity index (χ2n) is 4.21. The fourth-order valence-electron chi connectivity index (χ4n) is 1.12. The number of aromatic nitrogens is 2. The van der Waals surface area contributed by atoms with Gasteiger partial charge in [-0.05, 0) is 31.8 Å². The van der Waals surface area contributed by atoms with E-state index in [1.165, 1.54) is 0 Å². The highest BCUT2D eigenvalue weighted by atomic mass is 35.5. The molecule has 1 amide bonds. The smallest absolute Gasteiger partial charge is 0.267 e. The predicted octanol–water partition coefficient (Wildman–Crippen LogP) is 2.19. The zero-order valence-electron chi connectivity index (χ0n) is 9.95. The number of rotatable bonds is 4. The SMILES string of the molecule is CCc1nnsc1C(=O)N(C)C(C)(C)CCl. The number of halogens is 1. The molecule has 0 bridgehead atoms. The van der Waals surface area contributed by atoms with Gasteiger partial charge in [0.1, 0.15) is 4.88 Å². The first-order chi connectivity index (χ1) is 7.44. The molecule has 0 unspecified atom stereocenters. The Bertz CT molecular complexity index is 378. The molecule has 0 spiro atoms. The number of nitrogens with zero attached hydrogens (tertiary/aromatic N) is 3. The van der Waals surface area contributed by atoms with Crippen LogP contribution < -0.4 is 0 Å². The van der Waals surface area contributed by atoms with Crippen LogP contribution in [0.3, 0.4) is 0 Å². The number of alkyl halides is 1. The van der Waals surface area contributed by atoms with Crippen molar-refractivity contribution in [3.05, 3.63) is 10.6 Å². The Labute approximate surface area is 105 Å². The summed E-state index contributed by atoms with van der Waals surface area (Å²) in [7, 11) is 1.75. The topological polar surface area (TPSA) is 46.1 Å². The van der Waals surface area contributed by atoms with Crippen LogP contribution in [-0.2, 0) is 6.42 Å². The van der Waals surface area contributed by atoms with E-state index in [1.54, 1.807) is 11.9 Å². The first-order valence-electron chi connectivity index (χ1n) is 5.09. The van der Waals surface area contributed by atoms with Gasteiger partial charge >= 0.3 is 0 Å². The summed E-state index contributed by atoms with van der Waals surface area (Å²) in [6.07, 6.45) is 0.715. The highest BCUT2D eigenvalue weighted by Crippen LogP contribution is 2.20. The maximum atomic E-state index is 12.2. The van der Waals surface area contributed by atoms with E-state index in [2.05, 4.69) is 9.59 Å². The van der Waals surface area contributed by atoms with E-state index >= 15 is 0 Å². The van der Waals surface area contributed by atoms with Crippen molar-refractivity contribution in [2.75, 3.05) is 12.9 Å². The van der Waals surface area contributed by atoms with Crippen molar-refractivity contribution in [1.82, 2.24) is 14.5 Å². The van der Waals surface area contributed by atoms with Crippen LogP contribution in [0.25, 0.3) is 0 Å². The Morgan fingerprint density at radius 1 is 1.56 bits per heavy atom. The van der Waals surface area contributed by atoms with Crippen LogP contribution in [0.5, 0.6) is 0 Å². The number of amides is 1. The van der Waals surface area contributed by atoms with Crippen molar-refractivity contribution < 1.29 is 4.79 Å². The summed E-state index contributed by atoms with van der Waals surface area (Å²) >= 11 is 6.99. The summed E-state index contributed by atoms with van der Waals surface area (Å²) < 4.78 is 3.82. The number of hydrogen-bond acceptors (Lipinski definition) is 4. The molecule has 16 heavy (non-hydrogen) atoms. The Kier molecular flexibility index (Phi) is 4.27. The summed E-state index contributed by atoms with van der Waals surface area (Å²) in [6, 6.07) is 0. The van der Waals surface area contributed by atoms with Gasteiger partial charge in [0, 0.05) is 12.9 Å². The minimum atomic E-state index is -0.367. The second kappa shape index (κ2) is 5.10. The largest absolute Gasteiger partial charge is 0.335 e. The van der Waals surface area contributed by atoms with Crippen LogP contribution in [0.2, 0.25) is 0 Å². The van der Waals surface area contributed by atoms with Gasteiger partial charge in [-0.3, -0.25) is 4.79 Å². The lowest BCUT2D eigenvalue weighted by Crippen LogP contribution is -2.46. The van der Waals surface area contributed by atoms with E-state index in [9.17, 15) is 4.79 Å². The molecule has 0 aliphatic carbocycles. The van der Waals surface area contributed by atoms with Crippen LogP contribution in [0.15, 0.2) is 0 Å². The first-order valence-corrected chi connectivity index (χ1v) is 6.40. The molecule has 1 aromatic heterocycles. The molecule has 0 radical (unpaired) electrons. The molecule has 6 heteroatoms. The van der Waals surface area contributed by atoms with Crippen LogP contribution in [-0.4, -0.2) is 38.9 Å². The summed E-state index contributed by atoms with van der Waals surface area (Å²) in [5, 5.41) is 3.93. The van der Waals surface area contributed by atoms with E-state index < -0.39 is 0 Å². The molecule has 0 aliphatic heterocycles. The zero-order valence-corrected chi connectivity index (χ0v) is 11.5. The molecule has 0 N–H and O–H groups in total. The monoisotopic (exact) mass is 261 g/mol. The van der Waals surface area contributed by atoms with Gasteiger partial charge in [-0.15, -0.1) is 16.7 Å². The molecule has 4 nitrogen and oxygen atoms in total. The van der Waals surface area contributed by atoms with E-state index in [-0.39, 0.29) is 11.4 Å². The van der Waals surface area contributed by atoms with Gasteiger partial charge in [0.2, 0.25) is 0 Å². The Morgan fingerprint density at radius 2 is 2.19 bits per heavy atom. The van der Waals surface area contributed by atoms with Crippen molar-refractivity contribution in [1.29, 1.82) is 0 Å². The standard InChI is InChI=1S/C10H16ClN3OS/c1-5-7-8(16-13-12-7)9(15)14(4)10(2,3)6-11/h5-6H2,1-4H3. The van der Waals surface area contributed by atoms with E-state index in [1.807, 2.05) is 20.8 Å². The van der Waals surface area contributed by atoms with Crippen molar-refractivity contribution >= 4 is 29.0 Å². The molecule has 90 valence electrons. The second-order valence-corrected chi connectivity index (χ2v) is 5.23. The molecule has 0 fully saturated rings. The highest BCUT2D eigenvalue weighted by Gasteiger charge is 2.29. The molecule has 1 heterocycles. The minimum Gasteiger partial charge on any atom is -0.335 e. The maximum absolute atomic E-state index is 12.2. The predicted molar refractivity (Wildman–Crippen MR) is 66.2 cm³/mol. The molecule has 0 aromatic carbocycles. The zero-order chi connectivity index (χ0) is 12.3. The Hall–Kier alpha value is -0.680. The molecule has 1 rings (SSSR count). The normalized spacial score (nSPS) is 11.6. The quantitative estimate of drug-likeness (QED) is 0.781. The van der Waals surface area contributed by atoms with Gasteiger partial charge < -0.3 is 4.90 Å². The molecular formula is C10H16ClN3OS. The lowest BCUT2D eigenvalue weighted by atomic mass is 10.1. The summed E-state index contributed by atoms with van der Waals surface area (Å²) in [5.41, 5.74) is 0.389. The Morgan fingerprint density at radius 3 is 2.69 bits per heavy atom. The van der Waals surface area contributed by atoms with Crippen molar-refractivity contribution in [3.8, 4) is 0 Å². The lowest BCUT2D eigenvalue weighted by molar-refractivity contribution is 0.0664.